The minimum Gasteiger partial charge on any atom is -0.389 e. The summed E-state index contributed by atoms with van der Waals surface area (Å²) >= 11 is 5.97. The summed E-state index contributed by atoms with van der Waals surface area (Å²) in [5.74, 6) is 0.0865. The van der Waals surface area contributed by atoms with Crippen LogP contribution in [0.1, 0.15) is 44.6 Å². The Kier molecular flexibility index (Phi) is 6.45. The van der Waals surface area contributed by atoms with Crippen LogP contribution in [-0.2, 0) is 11.3 Å². The zero-order valence-corrected chi connectivity index (χ0v) is 14.8. The van der Waals surface area contributed by atoms with Gasteiger partial charge in [-0.1, -0.05) is 36.6 Å². The molecule has 23 heavy (non-hydrogen) atoms. The van der Waals surface area contributed by atoms with Gasteiger partial charge in [-0.05, 0) is 37.5 Å². The molecule has 1 amide bonds. The maximum atomic E-state index is 12.3. The molecule has 0 saturated heterocycles. The maximum absolute atomic E-state index is 12.3. The van der Waals surface area contributed by atoms with Crippen LogP contribution in [-0.4, -0.2) is 41.1 Å². The first-order valence-electron chi connectivity index (χ1n) is 8.32. The summed E-state index contributed by atoms with van der Waals surface area (Å²) in [5.41, 5.74) is 0.443. The van der Waals surface area contributed by atoms with Crippen molar-refractivity contribution in [2.24, 2.45) is 0 Å². The number of amides is 1. The number of nitrogens with one attached hydrogen (secondary N) is 1. The van der Waals surface area contributed by atoms with E-state index < -0.39 is 5.60 Å². The van der Waals surface area contributed by atoms with Gasteiger partial charge in [-0.2, -0.15) is 0 Å². The van der Waals surface area contributed by atoms with E-state index in [0.717, 1.165) is 31.2 Å². The third kappa shape index (κ3) is 5.79. The number of rotatable bonds is 7. The molecular weight excluding hydrogens is 312 g/mol. The van der Waals surface area contributed by atoms with E-state index in [1.54, 1.807) is 11.9 Å². The van der Waals surface area contributed by atoms with Crippen molar-refractivity contribution in [2.45, 2.75) is 57.2 Å². The molecule has 0 spiro atoms. The zero-order chi connectivity index (χ0) is 16.9. The van der Waals surface area contributed by atoms with Crippen molar-refractivity contribution < 1.29 is 9.90 Å². The lowest BCUT2D eigenvalue weighted by Crippen LogP contribution is -2.43. The van der Waals surface area contributed by atoms with Crippen LogP contribution < -0.4 is 5.32 Å². The Morgan fingerprint density at radius 3 is 2.78 bits per heavy atom. The van der Waals surface area contributed by atoms with Crippen molar-refractivity contribution in [1.29, 1.82) is 0 Å². The number of hydrogen-bond acceptors (Lipinski definition) is 3. The maximum Gasteiger partial charge on any atom is 0.224 e. The molecule has 0 bridgehead atoms. The van der Waals surface area contributed by atoms with Gasteiger partial charge in [0.1, 0.15) is 0 Å². The molecule has 0 aromatic heterocycles. The van der Waals surface area contributed by atoms with E-state index >= 15 is 0 Å². The van der Waals surface area contributed by atoms with Crippen molar-refractivity contribution in [1.82, 2.24) is 10.2 Å². The molecule has 2 rings (SSSR count). The van der Waals surface area contributed by atoms with Gasteiger partial charge in [-0.3, -0.25) is 4.79 Å². The average Bonchev–Trinajstić information content (AvgIpc) is 2.92. The summed E-state index contributed by atoms with van der Waals surface area (Å²) in [4.78, 5) is 14.0. The normalized spacial score (nSPS) is 17.9. The highest BCUT2D eigenvalue weighted by atomic mass is 35.5. The van der Waals surface area contributed by atoms with Crippen molar-refractivity contribution in [2.75, 3.05) is 13.6 Å². The van der Waals surface area contributed by atoms with Gasteiger partial charge in [-0.25, -0.2) is 0 Å². The van der Waals surface area contributed by atoms with E-state index in [2.05, 4.69) is 5.32 Å². The second kappa shape index (κ2) is 8.13. The van der Waals surface area contributed by atoms with Crippen LogP contribution in [0.2, 0.25) is 5.02 Å². The Morgan fingerprint density at radius 2 is 2.13 bits per heavy atom. The lowest BCUT2D eigenvalue weighted by molar-refractivity contribution is -0.130. The number of aliphatic hydroxyl groups is 1. The third-order valence-corrected chi connectivity index (χ3v) is 4.76. The van der Waals surface area contributed by atoms with Crippen molar-refractivity contribution >= 4 is 17.5 Å². The number of carbonyl (C=O) groups excluding carboxylic acids is 1. The molecule has 5 heteroatoms. The van der Waals surface area contributed by atoms with Gasteiger partial charge in [0.05, 0.1) is 5.60 Å². The van der Waals surface area contributed by atoms with Crippen molar-refractivity contribution in [3.8, 4) is 0 Å². The van der Waals surface area contributed by atoms with Gasteiger partial charge >= 0.3 is 0 Å². The summed E-state index contributed by atoms with van der Waals surface area (Å²) in [6.07, 6.45) is 4.32. The van der Waals surface area contributed by atoms with Crippen LogP contribution in [0, 0.1) is 0 Å². The lowest BCUT2D eigenvalue weighted by atomic mass is 10.0. The fourth-order valence-electron chi connectivity index (χ4n) is 3.06. The molecule has 0 radical (unpaired) electrons. The fraction of sp³-hybridized carbons (Fsp3) is 0.611. The molecule has 0 heterocycles. The van der Waals surface area contributed by atoms with Gasteiger partial charge in [0.15, 0.2) is 0 Å². The van der Waals surface area contributed by atoms with Crippen LogP contribution in [0.5, 0.6) is 0 Å². The number of halogens is 1. The molecule has 1 aliphatic carbocycles. The molecular formula is C18H27ClN2O2. The number of hydrogen-bond donors (Lipinski definition) is 2. The minimum atomic E-state index is -0.579. The smallest absolute Gasteiger partial charge is 0.224 e. The number of nitrogens with zero attached hydrogens (tertiary/aromatic N) is 1. The zero-order valence-electron chi connectivity index (χ0n) is 14.0. The monoisotopic (exact) mass is 338 g/mol. The standard InChI is InChI=1S/C18H27ClN2O2/c1-14(20-13-18(23)8-3-4-9-18)10-17(22)21(2)12-15-6-5-7-16(19)11-15/h5-7,11,14,20,23H,3-4,8-10,12-13H2,1-2H3. The van der Waals surface area contributed by atoms with E-state index in [4.69, 9.17) is 11.6 Å². The topological polar surface area (TPSA) is 52.6 Å². The molecule has 4 nitrogen and oxygen atoms in total. The second-order valence-corrected chi connectivity index (χ2v) is 7.23. The minimum absolute atomic E-state index is 0.0499. The Balaban J connectivity index is 1.76. The van der Waals surface area contributed by atoms with Crippen molar-refractivity contribution in [3.05, 3.63) is 34.9 Å². The van der Waals surface area contributed by atoms with Crippen molar-refractivity contribution in [3.63, 3.8) is 0 Å². The summed E-state index contributed by atoms with van der Waals surface area (Å²) in [6.45, 7) is 3.11. The second-order valence-electron chi connectivity index (χ2n) is 6.80. The quantitative estimate of drug-likeness (QED) is 0.803. The predicted octanol–water partition coefficient (Wildman–Crippen LogP) is 2.97. The van der Waals surface area contributed by atoms with Crippen LogP contribution in [0.15, 0.2) is 24.3 Å². The van der Waals surface area contributed by atoms with Crippen LogP contribution in [0.4, 0.5) is 0 Å². The lowest BCUT2D eigenvalue weighted by Gasteiger charge is -2.26. The van der Waals surface area contributed by atoms with E-state index in [1.807, 2.05) is 31.2 Å². The van der Waals surface area contributed by atoms with E-state index in [9.17, 15) is 9.90 Å². The SMILES string of the molecule is CC(CC(=O)N(C)Cc1cccc(Cl)c1)NCC1(O)CCCC1. The van der Waals surface area contributed by atoms with Crippen LogP contribution in [0.3, 0.4) is 0 Å². The van der Waals surface area contributed by atoms with E-state index in [1.165, 1.54) is 0 Å². The first-order chi connectivity index (χ1) is 10.9. The van der Waals surface area contributed by atoms with Gasteiger partial charge in [0, 0.05) is 37.6 Å². The average molecular weight is 339 g/mol. The molecule has 128 valence electrons. The highest BCUT2D eigenvalue weighted by Crippen LogP contribution is 2.28. The fourth-order valence-corrected chi connectivity index (χ4v) is 3.27. The van der Waals surface area contributed by atoms with Gasteiger partial charge in [-0.15, -0.1) is 0 Å². The molecule has 1 aromatic carbocycles. The number of carbonyl (C=O) groups is 1. The van der Waals surface area contributed by atoms with Crippen LogP contribution in [0.25, 0.3) is 0 Å². The highest BCUT2D eigenvalue weighted by Gasteiger charge is 2.31. The van der Waals surface area contributed by atoms with Crippen LogP contribution >= 0.6 is 11.6 Å². The Hall–Kier alpha value is -1.10. The summed E-state index contributed by atoms with van der Waals surface area (Å²) in [7, 11) is 1.81. The summed E-state index contributed by atoms with van der Waals surface area (Å²) in [5, 5.41) is 14.3. The first kappa shape index (κ1) is 18.2. The van der Waals surface area contributed by atoms with Gasteiger partial charge in [0.25, 0.3) is 0 Å². The number of benzene rings is 1. The summed E-state index contributed by atoms with van der Waals surface area (Å²) in [6, 6.07) is 7.61. The third-order valence-electron chi connectivity index (χ3n) is 4.53. The summed E-state index contributed by atoms with van der Waals surface area (Å²) < 4.78 is 0. The molecule has 2 N–H and O–H groups in total. The molecule has 1 atom stereocenters. The Bertz CT molecular complexity index is 530. The predicted molar refractivity (Wildman–Crippen MR) is 93.4 cm³/mol. The first-order valence-corrected chi connectivity index (χ1v) is 8.70. The molecule has 1 saturated carbocycles. The molecule has 1 aliphatic rings. The van der Waals surface area contributed by atoms with Gasteiger partial charge in [0.2, 0.25) is 5.91 Å². The Labute approximate surface area is 143 Å². The molecule has 1 aromatic rings. The molecule has 1 fully saturated rings. The van der Waals surface area contributed by atoms with E-state index in [-0.39, 0.29) is 11.9 Å². The highest BCUT2D eigenvalue weighted by molar-refractivity contribution is 6.30. The molecule has 1 unspecified atom stereocenters. The van der Waals surface area contributed by atoms with Gasteiger partial charge < -0.3 is 15.3 Å². The molecule has 0 aliphatic heterocycles. The van der Waals surface area contributed by atoms with E-state index in [0.29, 0.717) is 24.5 Å². The largest absolute Gasteiger partial charge is 0.389 e. The Morgan fingerprint density at radius 1 is 1.43 bits per heavy atom.